The number of nitrogens with one attached hydrogen (secondary N) is 1. The molecule has 1 aliphatic carbocycles. The van der Waals surface area contributed by atoms with Crippen molar-refractivity contribution in [3.8, 4) is 0 Å². The maximum absolute atomic E-state index is 11.7. The molecular weight excluding hydrogens is 234 g/mol. The molecule has 0 saturated heterocycles. The van der Waals surface area contributed by atoms with E-state index in [1.807, 2.05) is 31.2 Å². The summed E-state index contributed by atoms with van der Waals surface area (Å²) < 4.78 is 0. The van der Waals surface area contributed by atoms with Crippen LogP contribution in [0.1, 0.15) is 31.2 Å². The van der Waals surface area contributed by atoms with Gasteiger partial charge in [0.1, 0.15) is 0 Å². The van der Waals surface area contributed by atoms with E-state index in [1.165, 1.54) is 5.56 Å². The van der Waals surface area contributed by atoms with Gasteiger partial charge in [-0.3, -0.25) is 4.79 Å². The third-order valence-corrected chi connectivity index (χ3v) is 3.25. The minimum Gasteiger partial charge on any atom is -0.389 e. The maximum Gasteiger partial charge on any atom is 0.158 e. The predicted molar refractivity (Wildman–Crippen MR) is 70.2 cm³/mol. The van der Waals surface area contributed by atoms with Crippen molar-refractivity contribution < 1.29 is 4.79 Å². The molecule has 1 aromatic rings. The highest BCUT2D eigenvalue weighted by Gasteiger charge is 2.21. The van der Waals surface area contributed by atoms with Crippen LogP contribution in [-0.2, 0) is 4.79 Å². The molecule has 1 aliphatic rings. The van der Waals surface area contributed by atoms with Gasteiger partial charge in [-0.2, -0.15) is 0 Å². The molecule has 0 spiro atoms. The Bertz CT molecular complexity index is 436. The lowest BCUT2D eigenvalue weighted by Gasteiger charge is -2.23. The Kier molecular flexibility index (Phi) is 3.85. The molecule has 0 saturated carbocycles. The van der Waals surface area contributed by atoms with E-state index in [2.05, 4.69) is 5.32 Å². The van der Waals surface area contributed by atoms with Crippen molar-refractivity contribution in [1.29, 1.82) is 0 Å². The maximum atomic E-state index is 11.7. The lowest BCUT2D eigenvalue weighted by molar-refractivity contribution is -0.115. The van der Waals surface area contributed by atoms with Gasteiger partial charge >= 0.3 is 0 Å². The Morgan fingerprint density at radius 2 is 2.00 bits per heavy atom. The van der Waals surface area contributed by atoms with Crippen molar-refractivity contribution in [3.63, 3.8) is 0 Å². The van der Waals surface area contributed by atoms with E-state index >= 15 is 0 Å². The van der Waals surface area contributed by atoms with Gasteiger partial charge < -0.3 is 5.32 Å². The number of carbonyl (C=O) groups is 1. The largest absolute Gasteiger partial charge is 0.389 e. The van der Waals surface area contributed by atoms with Crippen LogP contribution < -0.4 is 5.32 Å². The molecule has 2 rings (SSSR count). The molecule has 3 heteroatoms. The monoisotopic (exact) mass is 249 g/mol. The summed E-state index contributed by atoms with van der Waals surface area (Å²) in [4.78, 5) is 11.7. The number of hydrogen-bond donors (Lipinski definition) is 1. The second kappa shape index (κ2) is 5.37. The highest BCUT2D eigenvalue weighted by atomic mass is 35.5. The quantitative estimate of drug-likeness (QED) is 0.891. The van der Waals surface area contributed by atoms with Gasteiger partial charge in [-0.05, 0) is 37.0 Å². The molecule has 0 amide bonds. The van der Waals surface area contributed by atoms with Crippen LogP contribution >= 0.6 is 11.6 Å². The minimum absolute atomic E-state index is 0.201. The molecule has 2 nitrogen and oxygen atoms in total. The van der Waals surface area contributed by atoms with Crippen molar-refractivity contribution in [2.24, 2.45) is 0 Å². The number of allylic oxidation sites excluding steroid dienone is 2. The lowest BCUT2D eigenvalue weighted by Crippen LogP contribution is -2.21. The van der Waals surface area contributed by atoms with Crippen molar-refractivity contribution in [2.75, 3.05) is 6.54 Å². The highest BCUT2D eigenvalue weighted by molar-refractivity contribution is 6.30. The highest BCUT2D eigenvalue weighted by Crippen LogP contribution is 2.30. The molecule has 90 valence electrons. The van der Waals surface area contributed by atoms with Crippen LogP contribution in [-0.4, -0.2) is 12.3 Å². The van der Waals surface area contributed by atoms with Gasteiger partial charge in [0.2, 0.25) is 0 Å². The summed E-state index contributed by atoms with van der Waals surface area (Å²) in [5, 5.41) is 3.97. The number of halogens is 1. The van der Waals surface area contributed by atoms with Gasteiger partial charge in [-0.15, -0.1) is 0 Å². The molecule has 1 atom stereocenters. The van der Waals surface area contributed by atoms with Crippen molar-refractivity contribution in [3.05, 3.63) is 46.6 Å². The van der Waals surface area contributed by atoms with Gasteiger partial charge in [-0.1, -0.05) is 23.7 Å². The van der Waals surface area contributed by atoms with Gasteiger partial charge in [0.05, 0.1) is 0 Å². The van der Waals surface area contributed by atoms with Crippen molar-refractivity contribution in [1.82, 2.24) is 5.32 Å². The summed E-state index contributed by atoms with van der Waals surface area (Å²) in [7, 11) is 0. The topological polar surface area (TPSA) is 29.1 Å². The summed E-state index contributed by atoms with van der Waals surface area (Å²) in [5.74, 6) is 0.478. The van der Waals surface area contributed by atoms with Gasteiger partial charge in [0.25, 0.3) is 0 Å². The summed E-state index contributed by atoms with van der Waals surface area (Å²) in [6.07, 6.45) is 3.23. The van der Waals surface area contributed by atoms with E-state index in [0.29, 0.717) is 6.42 Å². The second-order valence-electron chi connectivity index (χ2n) is 4.32. The molecule has 1 N–H and O–H groups in total. The molecule has 0 fully saturated rings. The summed E-state index contributed by atoms with van der Waals surface area (Å²) >= 11 is 5.87. The first-order valence-electron chi connectivity index (χ1n) is 5.91. The van der Waals surface area contributed by atoms with Crippen molar-refractivity contribution >= 4 is 17.4 Å². The molecule has 0 unspecified atom stereocenters. The smallest absolute Gasteiger partial charge is 0.158 e. The van der Waals surface area contributed by atoms with Crippen LogP contribution in [0.2, 0.25) is 5.02 Å². The van der Waals surface area contributed by atoms with Crippen LogP contribution in [0, 0.1) is 0 Å². The molecule has 0 bridgehead atoms. The normalized spacial score (nSPS) is 20.0. The average Bonchev–Trinajstić information content (AvgIpc) is 2.29. The van der Waals surface area contributed by atoms with Crippen LogP contribution in [0.5, 0.6) is 0 Å². The number of hydrogen-bond acceptors (Lipinski definition) is 2. The molecule has 0 heterocycles. The van der Waals surface area contributed by atoms with E-state index < -0.39 is 0 Å². The van der Waals surface area contributed by atoms with E-state index in [4.69, 9.17) is 11.6 Å². The number of ketones is 1. The van der Waals surface area contributed by atoms with Gasteiger partial charge in [-0.25, -0.2) is 0 Å². The standard InChI is InChI=1S/C14H16ClNO/c1-2-16-13-7-11(8-14(17)9-13)10-3-5-12(15)6-4-10/h3-6,9,11,16H,2,7-8H2,1H3/t11-/m0/s1. The van der Waals surface area contributed by atoms with Crippen LogP contribution in [0.25, 0.3) is 0 Å². The van der Waals surface area contributed by atoms with E-state index in [0.717, 1.165) is 23.7 Å². The number of benzene rings is 1. The second-order valence-corrected chi connectivity index (χ2v) is 4.76. The summed E-state index contributed by atoms with van der Waals surface area (Å²) in [5.41, 5.74) is 2.23. The Morgan fingerprint density at radius 3 is 2.65 bits per heavy atom. The van der Waals surface area contributed by atoms with E-state index in [-0.39, 0.29) is 11.7 Å². The predicted octanol–water partition coefficient (Wildman–Crippen LogP) is 3.28. The molecule has 0 radical (unpaired) electrons. The first-order valence-corrected chi connectivity index (χ1v) is 6.29. The summed E-state index contributed by atoms with van der Waals surface area (Å²) in [6.45, 7) is 2.89. The van der Waals surface area contributed by atoms with Crippen LogP contribution in [0.4, 0.5) is 0 Å². The molecule has 1 aromatic carbocycles. The number of carbonyl (C=O) groups excluding carboxylic acids is 1. The molecular formula is C14H16ClNO. The average molecular weight is 250 g/mol. The van der Waals surface area contributed by atoms with Gasteiger partial charge in [0, 0.05) is 29.8 Å². The number of rotatable bonds is 3. The fourth-order valence-corrected chi connectivity index (χ4v) is 2.34. The van der Waals surface area contributed by atoms with E-state index in [1.54, 1.807) is 6.08 Å². The Balaban J connectivity index is 2.15. The third kappa shape index (κ3) is 3.10. The fourth-order valence-electron chi connectivity index (χ4n) is 2.21. The fraction of sp³-hybridized carbons (Fsp3) is 0.357. The first kappa shape index (κ1) is 12.2. The molecule has 0 aromatic heterocycles. The molecule has 17 heavy (non-hydrogen) atoms. The third-order valence-electron chi connectivity index (χ3n) is 2.99. The van der Waals surface area contributed by atoms with Crippen LogP contribution in [0.3, 0.4) is 0 Å². The van der Waals surface area contributed by atoms with E-state index in [9.17, 15) is 4.79 Å². The first-order chi connectivity index (χ1) is 8.19. The Hall–Kier alpha value is -1.28. The van der Waals surface area contributed by atoms with Gasteiger partial charge in [0.15, 0.2) is 5.78 Å². The molecule has 0 aliphatic heterocycles. The Morgan fingerprint density at radius 1 is 1.29 bits per heavy atom. The zero-order valence-corrected chi connectivity index (χ0v) is 10.6. The zero-order valence-electron chi connectivity index (χ0n) is 9.87. The minimum atomic E-state index is 0.201. The van der Waals surface area contributed by atoms with Crippen LogP contribution in [0.15, 0.2) is 36.0 Å². The SMILES string of the molecule is CCNC1=CC(=O)C[C@@H](c2ccc(Cl)cc2)C1. The Labute approximate surface area is 107 Å². The zero-order chi connectivity index (χ0) is 12.3. The lowest BCUT2D eigenvalue weighted by atomic mass is 9.85. The van der Waals surface area contributed by atoms with Crippen molar-refractivity contribution in [2.45, 2.75) is 25.7 Å². The summed E-state index contributed by atoms with van der Waals surface area (Å²) in [6, 6.07) is 7.78.